The molecule has 0 bridgehead atoms. The van der Waals surface area contributed by atoms with Crippen molar-refractivity contribution in [2.24, 2.45) is 11.8 Å². The summed E-state index contributed by atoms with van der Waals surface area (Å²) < 4.78 is 12.8. The SMILES string of the molecule is CCn1c(SCC(=O)Nc2sc3c(c2C(=O)OC)CCC(C)C3)nnc1-c1ccc(OCC(C)C)cc1. The predicted molar refractivity (Wildman–Crippen MR) is 148 cm³/mol. The van der Waals surface area contributed by atoms with Crippen LogP contribution in [0.1, 0.15) is 54.9 Å². The molecule has 1 atom stereocenters. The van der Waals surface area contributed by atoms with Gasteiger partial charge in [0.25, 0.3) is 0 Å². The number of nitrogens with one attached hydrogen (secondary N) is 1. The van der Waals surface area contributed by atoms with Crippen LogP contribution in [0.4, 0.5) is 5.00 Å². The molecule has 0 fully saturated rings. The van der Waals surface area contributed by atoms with Crippen molar-refractivity contribution < 1.29 is 19.1 Å². The molecule has 2 heterocycles. The van der Waals surface area contributed by atoms with Crippen molar-refractivity contribution >= 4 is 40.0 Å². The first-order valence-electron chi connectivity index (χ1n) is 12.6. The number of anilines is 1. The van der Waals surface area contributed by atoms with Gasteiger partial charge in [-0.2, -0.15) is 0 Å². The molecule has 0 spiro atoms. The number of rotatable bonds is 10. The normalized spacial score (nSPS) is 14.9. The number of amides is 1. The Kier molecular flexibility index (Phi) is 8.91. The summed E-state index contributed by atoms with van der Waals surface area (Å²) in [6, 6.07) is 7.82. The molecule has 1 unspecified atom stereocenters. The highest BCUT2D eigenvalue weighted by molar-refractivity contribution is 7.99. The summed E-state index contributed by atoms with van der Waals surface area (Å²) in [5.41, 5.74) is 2.46. The second kappa shape index (κ2) is 12.1. The first kappa shape index (κ1) is 27.2. The lowest BCUT2D eigenvalue weighted by molar-refractivity contribution is -0.113. The number of thiophene rings is 1. The van der Waals surface area contributed by atoms with Gasteiger partial charge in [0.1, 0.15) is 10.8 Å². The molecule has 1 aliphatic carbocycles. The van der Waals surface area contributed by atoms with E-state index in [0.717, 1.165) is 46.8 Å². The van der Waals surface area contributed by atoms with Crippen LogP contribution in [0, 0.1) is 11.8 Å². The Balaban J connectivity index is 1.44. The van der Waals surface area contributed by atoms with Gasteiger partial charge in [-0.25, -0.2) is 4.79 Å². The van der Waals surface area contributed by atoms with Gasteiger partial charge < -0.3 is 19.4 Å². The Morgan fingerprint density at radius 1 is 1.24 bits per heavy atom. The Bertz CT molecular complexity index is 1250. The van der Waals surface area contributed by atoms with E-state index in [1.807, 2.05) is 35.8 Å². The van der Waals surface area contributed by atoms with Gasteiger partial charge in [0, 0.05) is 17.0 Å². The molecule has 10 heteroatoms. The summed E-state index contributed by atoms with van der Waals surface area (Å²) in [5.74, 6) is 2.15. The molecule has 1 aromatic carbocycles. The minimum absolute atomic E-state index is 0.152. The van der Waals surface area contributed by atoms with Crippen LogP contribution in [0.15, 0.2) is 29.4 Å². The molecule has 37 heavy (non-hydrogen) atoms. The molecule has 0 radical (unpaired) electrons. The van der Waals surface area contributed by atoms with Crippen molar-refractivity contribution in [3.8, 4) is 17.1 Å². The summed E-state index contributed by atoms with van der Waals surface area (Å²) in [4.78, 5) is 26.6. The van der Waals surface area contributed by atoms with Crippen LogP contribution in [0.5, 0.6) is 5.75 Å². The van der Waals surface area contributed by atoms with E-state index in [1.54, 1.807) is 0 Å². The second-order valence-electron chi connectivity index (χ2n) is 9.66. The number of nitrogens with zero attached hydrogens (tertiary/aromatic N) is 3. The molecule has 8 nitrogen and oxygen atoms in total. The van der Waals surface area contributed by atoms with Crippen molar-refractivity contribution in [1.82, 2.24) is 14.8 Å². The number of aromatic nitrogens is 3. The van der Waals surface area contributed by atoms with Crippen molar-refractivity contribution in [1.29, 1.82) is 0 Å². The number of methoxy groups -OCH3 is 1. The molecular weight excluding hydrogens is 508 g/mol. The highest BCUT2D eigenvalue weighted by Crippen LogP contribution is 2.40. The molecule has 2 aromatic heterocycles. The molecule has 0 saturated carbocycles. The van der Waals surface area contributed by atoms with Gasteiger partial charge >= 0.3 is 5.97 Å². The average Bonchev–Trinajstić information content (AvgIpc) is 3.46. The lowest BCUT2D eigenvalue weighted by Crippen LogP contribution is -2.17. The van der Waals surface area contributed by atoms with E-state index < -0.39 is 5.97 Å². The highest BCUT2D eigenvalue weighted by atomic mass is 32.2. The number of carbonyl (C=O) groups excluding carboxylic acids is 2. The zero-order valence-corrected chi connectivity index (χ0v) is 23.6. The maximum atomic E-state index is 12.9. The monoisotopic (exact) mass is 542 g/mol. The number of benzene rings is 1. The van der Waals surface area contributed by atoms with Crippen LogP contribution in [-0.2, 0) is 28.9 Å². The number of hydrogen-bond acceptors (Lipinski definition) is 8. The van der Waals surface area contributed by atoms with E-state index in [9.17, 15) is 9.59 Å². The Morgan fingerprint density at radius 3 is 2.68 bits per heavy atom. The van der Waals surface area contributed by atoms with E-state index in [2.05, 4.69) is 36.3 Å². The lowest BCUT2D eigenvalue weighted by atomic mass is 9.88. The molecule has 4 rings (SSSR count). The van der Waals surface area contributed by atoms with Crippen molar-refractivity contribution in [3.63, 3.8) is 0 Å². The summed E-state index contributed by atoms with van der Waals surface area (Å²) in [5, 5.41) is 12.9. The Labute approximate surface area is 226 Å². The maximum absolute atomic E-state index is 12.9. The molecule has 0 saturated heterocycles. The third-order valence-electron chi connectivity index (χ3n) is 6.22. The van der Waals surface area contributed by atoms with E-state index in [4.69, 9.17) is 9.47 Å². The van der Waals surface area contributed by atoms with Crippen molar-refractivity contribution in [2.45, 2.75) is 58.7 Å². The summed E-state index contributed by atoms with van der Waals surface area (Å²) >= 11 is 2.81. The van der Waals surface area contributed by atoms with E-state index >= 15 is 0 Å². The van der Waals surface area contributed by atoms with Gasteiger partial charge in [0.15, 0.2) is 11.0 Å². The number of esters is 1. The molecular formula is C27H34N4O4S2. The molecule has 1 N–H and O–H groups in total. The van der Waals surface area contributed by atoms with Crippen molar-refractivity contribution in [2.75, 3.05) is 24.8 Å². The van der Waals surface area contributed by atoms with Crippen LogP contribution >= 0.6 is 23.1 Å². The van der Waals surface area contributed by atoms with Crippen LogP contribution in [0.25, 0.3) is 11.4 Å². The number of fused-ring (bicyclic) bond motifs is 1. The third kappa shape index (κ3) is 6.35. The molecule has 1 aliphatic rings. The van der Waals surface area contributed by atoms with E-state index in [-0.39, 0.29) is 11.7 Å². The standard InChI is InChI=1S/C27H34N4O4S2/c1-6-31-24(18-8-10-19(11-9-18)35-14-16(2)3)29-30-27(31)36-15-22(32)28-25-23(26(33)34-5)20-12-7-17(4)13-21(20)37-25/h8-11,16-17H,6-7,12-15H2,1-5H3,(H,28,32). The number of carbonyl (C=O) groups is 2. The Hall–Kier alpha value is -2.85. The summed E-state index contributed by atoms with van der Waals surface area (Å²) in [7, 11) is 1.38. The van der Waals surface area contributed by atoms with Crippen LogP contribution in [-0.4, -0.2) is 46.1 Å². The van der Waals surface area contributed by atoms with Crippen LogP contribution in [0.3, 0.4) is 0 Å². The fraction of sp³-hybridized carbons (Fsp3) is 0.481. The van der Waals surface area contributed by atoms with E-state index in [0.29, 0.717) is 40.7 Å². The molecule has 0 aliphatic heterocycles. The molecule has 3 aromatic rings. The van der Waals surface area contributed by atoms with Gasteiger partial charge in [-0.3, -0.25) is 4.79 Å². The first-order valence-corrected chi connectivity index (χ1v) is 14.4. The zero-order valence-electron chi connectivity index (χ0n) is 22.0. The van der Waals surface area contributed by atoms with Crippen LogP contribution in [0.2, 0.25) is 0 Å². The fourth-order valence-electron chi connectivity index (χ4n) is 4.31. The van der Waals surface area contributed by atoms with E-state index in [1.165, 1.54) is 30.2 Å². The lowest BCUT2D eigenvalue weighted by Gasteiger charge is -2.18. The molecule has 1 amide bonds. The molecule has 198 valence electrons. The van der Waals surface area contributed by atoms with Crippen molar-refractivity contribution in [3.05, 3.63) is 40.3 Å². The smallest absolute Gasteiger partial charge is 0.341 e. The minimum atomic E-state index is -0.397. The van der Waals surface area contributed by atoms with Gasteiger partial charge in [-0.05, 0) is 67.9 Å². The average molecular weight is 543 g/mol. The quantitative estimate of drug-likeness (QED) is 0.259. The highest BCUT2D eigenvalue weighted by Gasteiger charge is 2.29. The Morgan fingerprint density at radius 2 is 2.00 bits per heavy atom. The van der Waals surface area contributed by atoms with Gasteiger partial charge in [-0.15, -0.1) is 21.5 Å². The predicted octanol–water partition coefficient (Wildman–Crippen LogP) is 5.70. The largest absolute Gasteiger partial charge is 0.493 e. The first-order chi connectivity index (χ1) is 17.8. The minimum Gasteiger partial charge on any atom is -0.493 e. The van der Waals surface area contributed by atoms with Gasteiger partial charge in [0.05, 0.1) is 25.0 Å². The van der Waals surface area contributed by atoms with Gasteiger partial charge in [-0.1, -0.05) is 32.5 Å². The fourth-order valence-corrected chi connectivity index (χ4v) is 6.52. The van der Waals surface area contributed by atoms with Crippen LogP contribution < -0.4 is 10.1 Å². The number of ether oxygens (including phenoxy) is 2. The topological polar surface area (TPSA) is 95.3 Å². The zero-order chi connectivity index (χ0) is 26.5. The third-order valence-corrected chi connectivity index (χ3v) is 8.35. The maximum Gasteiger partial charge on any atom is 0.341 e. The summed E-state index contributed by atoms with van der Waals surface area (Å²) in [6.07, 6.45) is 2.77. The number of hydrogen-bond donors (Lipinski definition) is 1. The number of thioether (sulfide) groups is 1. The van der Waals surface area contributed by atoms with Gasteiger partial charge in [0.2, 0.25) is 5.91 Å². The second-order valence-corrected chi connectivity index (χ2v) is 11.7. The summed E-state index contributed by atoms with van der Waals surface area (Å²) in [6.45, 7) is 9.80.